The molecule has 0 aromatic carbocycles. The quantitative estimate of drug-likeness (QED) is 0.418. The Labute approximate surface area is 202 Å². The van der Waals surface area contributed by atoms with E-state index in [1.807, 2.05) is 18.0 Å². The van der Waals surface area contributed by atoms with Crippen LogP contribution in [0.25, 0.3) is 0 Å². The average molecular weight is 479 g/mol. The van der Waals surface area contributed by atoms with Crippen LogP contribution >= 0.6 is 23.1 Å². The zero-order valence-electron chi connectivity index (χ0n) is 19.8. The third-order valence-corrected chi connectivity index (χ3v) is 9.79. The second-order valence-corrected chi connectivity index (χ2v) is 12.6. The summed E-state index contributed by atoms with van der Waals surface area (Å²) in [7, 11) is 0. The third kappa shape index (κ3) is 7.10. The molecular formula is C25H42N4OS2. The minimum Gasteiger partial charge on any atom is -0.319 e. The molecule has 2 saturated carbocycles. The zero-order chi connectivity index (χ0) is 22.2. The highest BCUT2D eigenvalue weighted by Gasteiger charge is 2.34. The van der Waals surface area contributed by atoms with Crippen LogP contribution < -0.4 is 10.6 Å². The molecule has 2 aliphatic carbocycles. The van der Waals surface area contributed by atoms with Crippen LogP contribution in [0, 0.1) is 5.92 Å². The molecule has 3 aliphatic rings. The number of carbonyl (C=O) groups is 1. The number of aromatic nitrogens is 1. The number of anilines is 1. The molecule has 32 heavy (non-hydrogen) atoms. The Morgan fingerprint density at radius 3 is 2.59 bits per heavy atom. The number of amides is 2. The summed E-state index contributed by atoms with van der Waals surface area (Å²) in [5.41, 5.74) is 0. The van der Waals surface area contributed by atoms with Crippen molar-refractivity contribution >= 4 is 34.3 Å². The number of hydrogen-bond donors (Lipinski definition) is 2. The lowest BCUT2D eigenvalue weighted by atomic mass is 9.84. The smallest absolute Gasteiger partial charge is 0.319 e. The molecule has 0 bridgehead atoms. The minimum atomic E-state index is 0.0880. The van der Waals surface area contributed by atoms with Crippen molar-refractivity contribution in [2.45, 2.75) is 119 Å². The van der Waals surface area contributed by atoms with Gasteiger partial charge in [0, 0.05) is 23.9 Å². The number of thiazole rings is 1. The summed E-state index contributed by atoms with van der Waals surface area (Å²) < 4.78 is 1.21. The van der Waals surface area contributed by atoms with Gasteiger partial charge >= 0.3 is 6.03 Å². The van der Waals surface area contributed by atoms with Crippen LogP contribution in [0.4, 0.5) is 9.93 Å². The van der Waals surface area contributed by atoms with E-state index in [0.29, 0.717) is 18.1 Å². The highest BCUT2D eigenvalue weighted by Crippen LogP contribution is 2.34. The van der Waals surface area contributed by atoms with Crippen LogP contribution in [-0.2, 0) is 0 Å². The predicted octanol–water partition coefficient (Wildman–Crippen LogP) is 6.90. The Balaban J connectivity index is 1.30. The molecule has 5 nitrogen and oxygen atoms in total. The van der Waals surface area contributed by atoms with Crippen molar-refractivity contribution in [3.05, 3.63) is 6.20 Å². The zero-order valence-corrected chi connectivity index (χ0v) is 21.5. The Morgan fingerprint density at radius 2 is 1.78 bits per heavy atom. The fraction of sp³-hybridized carbons (Fsp3) is 0.840. The molecule has 1 aromatic heterocycles. The molecule has 3 fully saturated rings. The van der Waals surface area contributed by atoms with Crippen molar-refractivity contribution < 1.29 is 4.79 Å². The van der Waals surface area contributed by atoms with E-state index in [-0.39, 0.29) is 6.03 Å². The van der Waals surface area contributed by atoms with Gasteiger partial charge in [0.15, 0.2) is 5.13 Å². The van der Waals surface area contributed by atoms with E-state index in [1.54, 1.807) is 11.3 Å². The molecule has 2 amide bonds. The van der Waals surface area contributed by atoms with E-state index in [9.17, 15) is 4.79 Å². The Bertz CT molecular complexity index is 690. The van der Waals surface area contributed by atoms with Crippen LogP contribution in [0.5, 0.6) is 0 Å². The molecule has 1 aromatic rings. The summed E-state index contributed by atoms with van der Waals surface area (Å²) in [5.74, 6) is 1.91. The van der Waals surface area contributed by atoms with E-state index in [4.69, 9.17) is 0 Å². The summed E-state index contributed by atoms with van der Waals surface area (Å²) >= 11 is 3.52. The number of rotatable bonds is 7. The van der Waals surface area contributed by atoms with Gasteiger partial charge in [0.1, 0.15) is 0 Å². The largest absolute Gasteiger partial charge is 0.324 e. The number of thioether (sulfide) groups is 1. The van der Waals surface area contributed by atoms with Crippen molar-refractivity contribution in [1.82, 2.24) is 15.2 Å². The molecule has 1 saturated heterocycles. The van der Waals surface area contributed by atoms with E-state index in [0.717, 1.165) is 42.5 Å². The molecule has 180 valence electrons. The summed E-state index contributed by atoms with van der Waals surface area (Å²) in [5, 5.41) is 7.63. The van der Waals surface area contributed by atoms with Gasteiger partial charge in [-0.2, -0.15) is 0 Å². The van der Waals surface area contributed by atoms with Crippen molar-refractivity contribution in [2.75, 3.05) is 17.6 Å². The first-order valence-corrected chi connectivity index (χ1v) is 14.9. The third-order valence-electron chi connectivity index (χ3n) is 7.65. The maximum atomic E-state index is 13.4. The summed E-state index contributed by atoms with van der Waals surface area (Å²) in [4.78, 5) is 20.2. The molecule has 2 N–H and O–H groups in total. The summed E-state index contributed by atoms with van der Waals surface area (Å²) in [6.45, 7) is 3.52. The fourth-order valence-corrected chi connectivity index (χ4v) is 7.69. The van der Waals surface area contributed by atoms with Crippen LogP contribution in [0.3, 0.4) is 0 Å². The molecule has 0 radical (unpaired) electrons. The van der Waals surface area contributed by atoms with Crippen molar-refractivity contribution in [2.24, 2.45) is 5.92 Å². The van der Waals surface area contributed by atoms with Gasteiger partial charge in [-0.25, -0.2) is 9.78 Å². The van der Waals surface area contributed by atoms with Gasteiger partial charge in [0.25, 0.3) is 0 Å². The van der Waals surface area contributed by atoms with Gasteiger partial charge in [0.05, 0.1) is 10.4 Å². The number of carbonyl (C=O) groups excluding carboxylic acids is 1. The van der Waals surface area contributed by atoms with Crippen LogP contribution in [0.15, 0.2) is 10.4 Å². The second kappa shape index (κ2) is 12.6. The number of nitrogens with one attached hydrogen (secondary N) is 2. The maximum absolute atomic E-state index is 13.4. The molecule has 1 atom stereocenters. The first-order valence-electron chi connectivity index (χ1n) is 13.1. The first kappa shape index (κ1) is 24.3. The Kier molecular flexibility index (Phi) is 9.59. The van der Waals surface area contributed by atoms with E-state index >= 15 is 0 Å². The monoisotopic (exact) mass is 478 g/mol. The maximum Gasteiger partial charge on any atom is 0.324 e. The number of urea groups is 1. The normalized spacial score (nSPS) is 27.6. The van der Waals surface area contributed by atoms with Crippen molar-refractivity contribution in [3.8, 4) is 0 Å². The van der Waals surface area contributed by atoms with Crippen molar-refractivity contribution in [1.29, 1.82) is 0 Å². The number of nitrogens with zero attached hydrogens (tertiary/aromatic N) is 2. The molecule has 2 heterocycles. The molecule has 0 spiro atoms. The van der Waals surface area contributed by atoms with Gasteiger partial charge in [-0.1, -0.05) is 50.4 Å². The number of hydrogen-bond acceptors (Lipinski definition) is 5. The van der Waals surface area contributed by atoms with E-state index in [2.05, 4.69) is 27.4 Å². The van der Waals surface area contributed by atoms with Crippen LogP contribution in [-0.4, -0.2) is 46.3 Å². The lowest BCUT2D eigenvalue weighted by Crippen LogP contribution is -2.51. The summed E-state index contributed by atoms with van der Waals surface area (Å²) in [6, 6.07) is 1.56. The molecule has 4 rings (SSSR count). The van der Waals surface area contributed by atoms with Crippen molar-refractivity contribution in [3.63, 3.8) is 0 Å². The molecule has 7 heteroatoms. The van der Waals surface area contributed by atoms with E-state index < -0.39 is 0 Å². The summed E-state index contributed by atoms with van der Waals surface area (Å²) in [6.07, 6.45) is 19.4. The van der Waals surface area contributed by atoms with Gasteiger partial charge in [-0.3, -0.25) is 5.32 Å². The lowest BCUT2D eigenvalue weighted by molar-refractivity contribution is 0.105. The SMILES string of the molecule is CC1CCC(N(C(=O)Nc2ncc(SCCC3CCCCCN3)s2)C2CCCCC2)CC1. The molecule has 1 aliphatic heterocycles. The Morgan fingerprint density at radius 1 is 1.06 bits per heavy atom. The van der Waals surface area contributed by atoms with E-state index in [1.165, 1.54) is 75.0 Å². The molecular weight excluding hydrogens is 436 g/mol. The average Bonchev–Trinajstić information content (AvgIpc) is 3.08. The van der Waals surface area contributed by atoms with Gasteiger partial charge < -0.3 is 10.2 Å². The van der Waals surface area contributed by atoms with Crippen LogP contribution in [0.2, 0.25) is 0 Å². The topological polar surface area (TPSA) is 57.3 Å². The lowest BCUT2D eigenvalue weighted by Gasteiger charge is -2.42. The van der Waals surface area contributed by atoms with Crippen LogP contribution in [0.1, 0.15) is 96.8 Å². The minimum absolute atomic E-state index is 0.0880. The second-order valence-electron chi connectivity index (χ2n) is 10.2. The van der Waals surface area contributed by atoms with Gasteiger partial charge in [-0.05, 0) is 70.3 Å². The predicted molar refractivity (Wildman–Crippen MR) is 137 cm³/mol. The Hall–Kier alpha value is -0.790. The van der Waals surface area contributed by atoms with Gasteiger partial charge in [0.2, 0.25) is 0 Å². The standard InChI is InChI=1S/C25H42N4OS2/c1-19-11-13-22(14-12-19)29(21-9-5-2-6-10-21)25(30)28-24-27-18-23(32-24)31-17-15-20-8-4-3-7-16-26-20/h18-22,26H,2-17H2,1H3,(H,27,28,30). The fourth-order valence-electron chi connectivity index (χ4n) is 5.70. The molecule has 1 unspecified atom stereocenters. The van der Waals surface area contributed by atoms with Gasteiger partial charge in [-0.15, -0.1) is 11.8 Å². The highest BCUT2D eigenvalue weighted by atomic mass is 32.2. The first-order chi connectivity index (χ1) is 15.7. The highest BCUT2D eigenvalue weighted by molar-refractivity contribution is 8.01.